The highest BCUT2D eigenvalue weighted by Gasteiger charge is 2.13. The summed E-state index contributed by atoms with van der Waals surface area (Å²) in [5.41, 5.74) is 2.44. The average molecular weight is 406 g/mol. The zero-order chi connectivity index (χ0) is 21.2. The molecule has 5 nitrogen and oxygen atoms in total. The Morgan fingerprint density at radius 2 is 1.66 bits per heavy atom. The van der Waals surface area contributed by atoms with Crippen LogP contribution in [0.4, 0.5) is 13.2 Å². The molecule has 2 aromatic rings. The Hall–Kier alpha value is -3.13. The Labute approximate surface area is 166 Å². The summed E-state index contributed by atoms with van der Waals surface area (Å²) in [5.74, 6) is -3.42. The van der Waals surface area contributed by atoms with Crippen LogP contribution in [0, 0.1) is 17.5 Å². The molecule has 0 fully saturated rings. The van der Waals surface area contributed by atoms with Crippen molar-refractivity contribution in [3.8, 4) is 0 Å². The number of carbonyl (C=O) groups excluding carboxylic acids is 2. The second kappa shape index (κ2) is 11.0. The molecule has 2 rings (SSSR count). The van der Waals surface area contributed by atoms with Crippen LogP contribution in [0.1, 0.15) is 36.8 Å². The number of rotatable bonds is 9. The van der Waals surface area contributed by atoms with Gasteiger partial charge in [0.15, 0.2) is 11.6 Å². The number of carbonyl (C=O) groups is 2. The summed E-state index contributed by atoms with van der Waals surface area (Å²) >= 11 is 0. The van der Waals surface area contributed by atoms with Gasteiger partial charge in [0.1, 0.15) is 5.82 Å². The molecule has 29 heavy (non-hydrogen) atoms. The van der Waals surface area contributed by atoms with Crippen LogP contribution in [-0.4, -0.2) is 23.6 Å². The quantitative estimate of drug-likeness (QED) is 0.195. The zero-order valence-corrected chi connectivity index (χ0v) is 15.6. The molecule has 0 aliphatic rings. The van der Waals surface area contributed by atoms with E-state index >= 15 is 0 Å². The van der Waals surface area contributed by atoms with Crippen molar-refractivity contribution in [1.82, 2.24) is 10.8 Å². The second-order valence-corrected chi connectivity index (χ2v) is 6.34. The highest BCUT2D eigenvalue weighted by Crippen LogP contribution is 2.20. The third kappa shape index (κ3) is 7.08. The number of hydroxylamine groups is 1. The summed E-state index contributed by atoms with van der Waals surface area (Å²) in [4.78, 5) is 23.6. The molecule has 8 heteroatoms. The maximum atomic E-state index is 13.5. The molecular formula is C21H21F3N2O3. The molecule has 0 unspecified atom stereocenters. The lowest BCUT2D eigenvalue weighted by Gasteiger charge is -2.10. The van der Waals surface area contributed by atoms with Crippen molar-refractivity contribution in [3.05, 3.63) is 71.0 Å². The summed E-state index contributed by atoms with van der Waals surface area (Å²) in [6.45, 7) is 0.329. The Balaban J connectivity index is 2.08. The predicted octanol–water partition coefficient (Wildman–Crippen LogP) is 3.83. The first kappa shape index (κ1) is 22.2. The molecule has 0 radical (unpaired) electrons. The van der Waals surface area contributed by atoms with Gasteiger partial charge in [-0.2, -0.15) is 0 Å². The molecule has 0 aromatic heterocycles. The minimum Gasteiger partial charge on any atom is -0.352 e. The van der Waals surface area contributed by atoms with Gasteiger partial charge < -0.3 is 5.32 Å². The van der Waals surface area contributed by atoms with Crippen molar-refractivity contribution in [1.29, 1.82) is 0 Å². The Morgan fingerprint density at radius 3 is 2.31 bits per heavy atom. The second-order valence-electron chi connectivity index (χ2n) is 6.34. The van der Waals surface area contributed by atoms with Gasteiger partial charge in [-0.15, -0.1) is 0 Å². The maximum Gasteiger partial charge on any atom is 0.251 e. The van der Waals surface area contributed by atoms with Crippen molar-refractivity contribution in [2.75, 3.05) is 6.54 Å². The van der Waals surface area contributed by atoms with Crippen molar-refractivity contribution in [3.63, 3.8) is 0 Å². The SMILES string of the molecule is O=C(CCCCCNC(=O)/C(=C\c1ccc(F)c(F)c1)c1ccc(F)cc1)NO. The highest BCUT2D eigenvalue weighted by atomic mass is 19.2. The Kier molecular flexibility index (Phi) is 8.42. The van der Waals surface area contributed by atoms with Crippen molar-refractivity contribution in [2.45, 2.75) is 25.7 Å². The van der Waals surface area contributed by atoms with Crippen LogP contribution in [0.25, 0.3) is 11.6 Å². The van der Waals surface area contributed by atoms with Crippen LogP contribution in [0.5, 0.6) is 0 Å². The fourth-order valence-electron chi connectivity index (χ4n) is 2.62. The minimum atomic E-state index is -1.04. The first-order valence-corrected chi connectivity index (χ1v) is 9.04. The van der Waals surface area contributed by atoms with E-state index in [4.69, 9.17) is 5.21 Å². The number of benzene rings is 2. The van der Waals surface area contributed by atoms with Crippen LogP contribution >= 0.6 is 0 Å². The number of halogens is 3. The lowest BCUT2D eigenvalue weighted by Crippen LogP contribution is -2.25. The van der Waals surface area contributed by atoms with Crippen molar-refractivity contribution in [2.24, 2.45) is 0 Å². The van der Waals surface area contributed by atoms with E-state index in [0.717, 1.165) is 12.1 Å². The molecule has 0 atom stereocenters. The molecule has 154 valence electrons. The zero-order valence-electron chi connectivity index (χ0n) is 15.6. The van der Waals surface area contributed by atoms with Gasteiger partial charge in [0, 0.05) is 18.5 Å². The predicted molar refractivity (Wildman–Crippen MR) is 102 cm³/mol. The summed E-state index contributed by atoms with van der Waals surface area (Å²) in [5, 5.41) is 11.1. The Bertz CT molecular complexity index is 883. The molecule has 2 aromatic carbocycles. The average Bonchev–Trinajstić information content (AvgIpc) is 2.71. The van der Waals surface area contributed by atoms with E-state index in [-0.39, 0.29) is 17.6 Å². The van der Waals surface area contributed by atoms with E-state index in [1.54, 1.807) is 5.48 Å². The van der Waals surface area contributed by atoms with Crippen LogP contribution in [0.2, 0.25) is 0 Å². The van der Waals surface area contributed by atoms with Crippen molar-refractivity contribution >= 4 is 23.5 Å². The molecule has 0 spiro atoms. The molecule has 2 amide bonds. The van der Waals surface area contributed by atoms with E-state index in [1.165, 1.54) is 36.4 Å². The molecular weight excluding hydrogens is 385 g/mol. The normalized spacial score (nSPS) is 11.2. The van der Waals surface area contributed by atoms with Gasteiger partial charge in [-0.05, 0) is 54.3 Å². The van der Waals surface area contributed by atoms with Gasteiger partial charge in [0.05, 0.1) is 0 Å². The van der Waals surface area contributed by atoms with Gasteiger partial charge in [-0.25, -0.2) is 18.7 Å². The van der Waals surface area contributed by atoms with E-state index in [2.05, 4.69) is 5.32 Å². The molecule has 0 aliphatic carbocycles. The number of unbranched alkanes of at least 4 members (excludes halogenated alkanes) is 2. The topological polar surface area (TPSA) is 78.4 Å². The molecule has 0 saturated heterocycles. The van der Waals surface area contributed by atoms with Crippen LogP contribution in [0.15, 0.2) is 42.5 Å². The van der Waals surface area contributed by atoms with Gasteiger partial charge >= 0.3 is 0 Å². The summed E-state index contributed by atoms with van der Waals surface area (Å²) < 4.78 is 39.9. The summed E-state index contributed by atoms with van der Waals surface area (Å²) in [7, 11) is 0. The minimum absolute atomic E-state index is 0.177. The van der Waals surface area contributed by atoms with Crippen LogP contribution in [-0.2, 0) is 9.59 Å². The Morgan fingerprint density at radius 1 is 0.931 bits per heavy atom. The number of hydrogen-bond donors (Lipinski definition) is 3. The van der Waals surface area contributed by atoms with E-state index in [1.807, 2.05) is 0 Å². The third-order valence-electron chi connectivity index (χ3n) is 4.15. The largest absolute Gasteiger partial charge is 0.352 e. The van der Waals surface area contributed by atoms with E-state index in [0.29, 0.717) is 31.4 Å². The molecule has 0 bridgehead atoms. The van der Waals surface area contributed by atoms with E-state index < -0.39 is 29.3 Å². The fourth-order valence-corrected chi connectivity index (χ4v) is 2.62. The fraction of sp³-hybridized carbons (Fsp3) is 0.238. The van der Waals surface area contributed by atoms with Crippen LogP contribution < -0.4 is 10.8 Å². The van der Waals surface area contributed by atoms with Gasteiger partial charge in [-0.3, -0.25) is 14.8 Å². The lowest BCUT2D eigenvalue weighted by atomic mass is 10.0. The number of amides is 2. The molecule has 0 saturated carbocycles. The summed E-state index contributed by atoms with van der Waals surface area (Å²) in [6, 6.07) is 8.52. The first-order chi connectivity index (χ1) is 13.9. The smallest absolute Gasteiger partial charge is 0.251 e. The molecule has 0 heterocycles. The molecule has 0 aliphatic heterocycles. The van der Waals surface area contributed by atoms with Crippen molar-refractivity contribution < 1.29 is 28.0 Å². The van der Waals surface area contributed by atoms with Gasteiger partial charge in [-0.1, -0.05) is 24.6 Å². The lowest BCUT2D eigenvalue weighted by molar-refractivity contribution is -0.129. The maximum absolute atomic E-state index is 13.5. The standard InChI is InChI=1S/C21H21F3N2O3/c22-16-8-6-15(7-9-16)17(12-14-5-10-18(23)19(24)13-14)21(28)25-11-3-1-2-4-20(27)26-29/h5-10,12-13,29H,1-4,11H2,(H,25,28)(H,26,27)/b17-12-. The third-order valence-corrected chi connectivity index (χ3v) is 4.15. The number of nitrogens with one attached hydrogen (secondary N) is 2. The van der Waals surface area contributed by atoms with Crippen LogP contribution in [0.3, 0.4) is 0 Å². The van der Waals surface area contributed by atoms with Gasteiger partial charge in [0.2, 0.25) is 5.91 Å². The highest BCUT2D eigenvalue weighted by molar-refractivity contribution is 6.24. The van der Waals surface area contributed by atoms with E-state index in [9.17, 15) is 22.8 Å². The van der Waals surface area contributed by atoms with Gasteiger partial charge in [0.25, 0.3) is 5.91 Å². The number of hydrogen-bond acceptors (Lipinski definition) is 3. The summed E-state index contributed by atoms with van der Waals surface area (Å²) in [6.07, 6.45) is 3.40. The first-order valence-electron chi connectivity index (χ1n) is 9.04. The molecule has 3 N–H and O–H groups in total. The monoisotopic (exact) mass is 406 g/mol.